The highest BCUT2D eigenvalue weighted by Gasteiger charge is 2.09. The molecule has 3 aromatic rings. The van der Waals surface area contributed by atoms with Gasteiger partial charge in [0.25, 0.3) is 5.69 Å². The van der Waals surface area contributed by atoms with Crippen molar-refractivity contribution in [3.8, 4) is 0 Å². The topological polar surface area (TPSA) is 90.1 Å². The van der Waals surface area contributed by atoms with Crippen molar-refractivity contribution in [3.05, 3.63) is 92.1 Å². The molecule has 0 aliphatic carbocycles. The zero-order valence-electron chi connectivity index (χ0n) is 15.0. The molecule has 0 saturated carbocycles. The molecule has 1 aromatic heterocycles. The van der Waals surface area contributed by atoms with Gasteiger partial charge in [0.15, 0.2) is 5.82 Å². The highest BCUT2D eigenvalue weighted by Crippen LogP contribution is 2.21. The Morgan fingerprint density at radius 3 is 2.75 bits per heavy atom. The molecular formula is C20H17BrN4O3. The average Bonchev–Trinajstić information content (AvgIpc) is 3.01. The van der Waals surface area contributed by atoms with Crippen LogP contribution in [0.5, 0.6) is 0 Å². The molecule has 7 nitrogen and oxygen atoms in total. The number of nitro benzene ring substituents is 1. The van der Waals surface area contributed by atoms with Crippen LogP contribution in [0.1, 0.15) is 16.7 Å². The zero-order chi connectivity index (χ0) is 20.1. The van der Waals surface area contributed by atoms with Gasteiger partial charge in [-0.2, -0.15) is 5.10 Å². The SMILES string of the molecule is Cc1ccc(Cn2cc(Br)c(NC(=O)/C=C/c3cccc([N+](=O)[O-])c3)n2)cc1. The number of nitrogens with zero attached hydrogens (tertiary/aromatic N) is 3. The summed E-state index contributed by atoms with van der Waals surface area (Å²) in [4.78, 5) is 22.5. The maximum atomic E-state index is 12.2. The standard InChI is InChI=1S/C20H17BrN4O3/c1-14-5-7-16(8-6-14)12-24-13-18(21)20(23-24)22-19(26)10-9-15-3-2-4-17(11-15)25(27)28/h2-11,13H,12H2,1H3,(H,22,23,26)/b10-9+. The minimum absolute atomic E-state index is 0.0276. The summed E-state index contributed by atoms with van der Waals surface area (Å²) in [6.45, 7) is 2.61. The maximum Gasteiger partial charge on any atom is 0.270 e. The van der Waals surface area contributed by atoms with E-state index in [2.05, 4.69) is 26.3 Å². The number of aryl methyl sites for hydroxylation is 1. The van der Waals surface area contributed by atoms with E-state index in [0.29, 0.717) is 22.4 Å². The predicted molar refractivity (Wildman–Crippen MR) is 111 cm³/mol. The van der Waals surface area contributed by atoms with Gasteiger partial charge in [-0.25, -0.2) is 0 Å². The quantitative estimate of drug-likeness (QED) is 0.345. The van der Waals surface area contributed by atoms with E-state index in [0.717, 1.165) is 5.56 Å². The second-order valence-electron chi connectivity index (χ2n) is 6.18. The second kappa shape index (κ2) is 8.62. The molecule has 8 heteroatoms. The Morgan fingerprint density at radius 2 is 2.04 bits per heavy atom. The third kappa shape index (κ3) is 5.14. The van der Waals surface area contributed by atoms with Gasteiger partial charge in [-0.3, -0.25) is 19.6 Å². The van der Waals surface area contributed by atoms with E-state index in [9.17, 15) is 14.9 Å². The van der Waals surface area contributed by atoms with Crippen LogP contribution in [0.3, 0.4) is 0 Å². The van der Waals surface area contributed by atoms with Crippen LogP contribution < -0.4 is 5.32 Å². The highest BCUT2D eigenvalue weighted by atomic mass is 79.9. The molecular weight excluding hydrogens is 424 g/mol. The number of anilines is 1. The Labute approximate surface area is 170 Å². The third-order valence-electron chi connectivity index (χ3n) is 3.93. The molecule has 0 spiro atoms. The summed E-state index contributed by atoms with van der Waals surface area (Å²) in [5, 5.41) is 17.9. The van der Waals surface area contributed by atoms with Gasteiger partial charge < -0.3 is 5.32 Å². The number of benzene rings is 2. The van der Waals surface area contributed by atoms with Gasteiger partial charge in [-0.05, 0) is 40.1 Å². The average molecular weight is 441 g/mol. The Balaban J connectivity index is 1.65. The summed E-state index contributed by atoms with van der Waals surface area (Å²) in [6.07, 6.45) is 4.61. The molecule has 1 N–H and O–H groups in total. The third-order valence-corrected chi connectivity index (χ3v) is 4.51. The molecule has 0 saturated heterocycles. The van der Waals surface area contributed by atoms with E-state index in [1.54, 1.807) is 23.0 Å². The number of halogens is 1. The van der Waals surface area contributed by atoms with Crippen LogP contribution in [0.25, 0.3) is 6.08 Å². The number of nitrogens with one attached hydrogen (secondary N) is 1. The van der Waals surface area contributed by atoms with Crippen LogP contribution in [0.2, 0.25) is 0 Å². The van der Waals surface area contributed by atoms with E-state index in [4.69, 9.17) is 0 Å². The molecule has 0 unspecified atom stereocenters. The monoisotopic (exact) mass is 440 g/mol. The number of hydrogen-bond donors (Lipinski definition) is 1. The van der Waals surface area contributed by atoms with E-state index in [1.807, 2.05) is 31.2 Å². The Bertz CT molecular complexity index is 1040. The fourth-order valence-electron chi connectivity index (χ4n) is 2.52. The fourth-order valence-corrected chi connectivity index (χ4v) is 2.93. The molecule has 1 heterocycles. The molecule has 0 radical (unpaired) electrons. The summed E-state index contributed by atoms with van der Waals surface area (Å²) in [7, 11) is 0. The molecule has 1 amide bonds. The van der Waals surface area contributed by atoms with Crippen molar-refractivity contribution in [2.24, 2.45) is 0 Å². The molecule has 0 atom stereocenters. The summed E-state index contributed by atoms with van der Waals surface area (Å²) in [5.41, 5.74) is 2.83. The van der Waals surface area contributed by atoms with Crippen LogP contribution in [-0.2, 0) is 11.3 Å². The first-order valence-corrected chi connectivity index (χ1v) is 9.22. The summed E-state index contributed by atoms with van der Waals surface area (Å²) in [5.74, 6) is 0.0218. The first kappa shape index (κ1) is 19.5. The van der Waals surface area contributed by atoms with Crippen molar-refractivity contribution in [2.45, 2.75) is 13.5 Å². The van der Waals surface area contributed by atoms with E-state index in [-0.39, 0.29) is 11.6 Å². The number of non-ortho nitro benzene ring substituents is 1. The lowest BCUT2D eigenvalue weighted by Crippen LogP contribution is -2.09. The number of aromatic nitrogens is 2. The molecule has 0 bridgehead atoms. The molecule has 2 aromatic carbocycles. The first-order chi connectivity index (χ1) is 13.4. The smallest absolute Gasteiger partial charge is 0.270 e. The lowest BCUT2D eigenvalue weighted by atomic mass is 10.1. The molecule has 0 aliphatic rings. The van der Waals surface area contributed by atoms with Crippen molar-refractivity contribution < 1.29 is 9.72 Å². The molecule has 28 heavy (non-hydrogen) atoms. The number of hydrogen-bond acceptors (Lipinski definition) is 4. The van der Waals surface area contributed by atoms with Crippen LogP contribution in [0.15, 0.2) is 65.3 Å². The van der Waals surface area contributed by atoms with Crippen LogP contribution >= 0.6 is 15.9 Å². The molecule has 0 fully saturated rings. The summed E-state index contributed by atoms with van der Waals surface area (Å²) in [6, 6.07) is 14.2. The number of amides is 1. The summed E-state index contributed by atoms with van der Waals surface area (Å²) < 4.78 is 2.39. The fraction of sp³-hybridized carbons (Fsp3) is 0.100. The number of nitro groups is 1. The van der Waals surface area contributed by atoms with E-state index >= 15 is 0 Å². The Hall–Kier alpha value is -3.26. The van der Waals surface area contributed by atoms with Gasteiger partial charge in [-0.15, -0.1) is 0 Å². The van der Waals surface area contributed by atoms with Crippen molar-refractivity contribution in [2.75, 3.05) is 5.32 Å². The predicted octanol–water partition coefficient (Wildman–Crippen LogP) is 4.56. The van der Waals surface area contributed by atoms with Crippen molar-refractivity contribution in [1.29, 1.82) is 0 Å². The van der Waals surface area contributed by atoms with Gasteiger partial charge in [0.2, 0.25) is 5.91 Å². The van der Waals surface area contributed by atoms with Gasteiger partial charge >= 0.3 is 0 Å². The van der Waals surface area contributed by atoms with Crippen LogP contribution in [-0.4, -0.2) is 20.6 Å². The van der Waals surface area contributed by atoms with E-state index in [1.165, 1.54) is 29.8 Å². The molecule has 142 valence electrons. The van der Waals surface area contributed by atoms with Crippen LogP contribution in [0.4, 0.5) is 11.5 Å². The Kier molecular flexibility index (Phi) is 6.00. The van der Waals surface area contributed by atoms with Gasteiger partial charge in [-0.1, -0.05) is 42.0 Å². The van der Waals surface area contributed by atoms with Gasteiger partial charge in [0.05, 0.1) is 15.9 Å². The molecule has 0 aliphatic heterocycles. The summed E-state index contributed by atoms with van der Waals surface area (Å²) >= 11 is 3.39. The van der Waals surface area contributed by atoms with Gasteiger partial charge in [0.1, 0.15) is 0 Å². The minimum atomic E-state index is -0.477. The lowest BCUT2D eigenvalue weighted by Gasteiger charge is -2.02. The maximum absolute atomic E-state index is 12.2. The van der Waals surface area contributed by atoms with Crippen LogP contribution in [0, 0.1) is 17.0 Å². The van der Waals surface area contributed by atoms with Crippen molar-refractivity contribution in [3.63, 3.8) is 0 Å². The lowest BCUT2D eigenvalue weighted by molar-refractivity contribution is -0.384. The number of carbonyl (C=O) groups excluding carboxylic acids is 1. The largest absolute Gasteiger partial charge is 0.305 e. The van der Waals surface area contributed by atoms with Crippen molar-refractivity contribution >= 4 is 39.4 Å². The Morgan fingerprint density at radius 1 is 1.29 bits per heavy atom. The van der Waals surface area contributed by atoms with Gasteiger partial charge in [0, 0.05) is 24.4 Å². The molecule has 3 rings (SSSR count). The number of rotatable bonds is 6. The zero-order valence-corrected chi connectivity index (χ0v) is 16.6. The number of carbonyl (C=O) groups is 1. The first-order valence-electron chi connectivity index (χ1n) is 8.43. The normalized spacial score (nSPS) is 10.9. The highest BCUT2D eigenvalue weighted by molar-refractivity contribution is 9.10. The van der Waals surface area contributed by atoms with Crippen molar-refractivity contribution in [1.82, 2.24) is 9.78 Å². The second-order valence-corrected chi connectivity index (χ2v) is 7.04. The minimum Gasteiger partial charge on any atom is -0.305 e. The van der Waals surface area contributed by atoms with E-state index < -0.39 is 4.92 Å².